The molecule has 3 aliphatic rings. The van der Waals surface area contributed by atoms with Crippen LogP contribution in [0.15, 0.2) is 93.4 Å². The molecule has 0 N–H and O–H groups in total. The first-order valence-corrected chi connectivity index (χ1v) is 14.2. The lowest BCUT2D eigenvalue weighted by molar-refractivity contribution is -0.665. The number of hydrogen-bond donors (Lipinski definition) is 0. The number of aromatic nitrogens is 1. The van der Waals surface area contributed by atoms with E-state index in [1.807, 2.05) is 23.1 Å². The molecule has 172 valence electrons. The van der Waals surface area contributed by atoms with Crippen LogP contribution in [0.1, 0.15) is 44.5 Å². The molecule has 4 heteroatoms. The quantitative estimate of drug-likeness (QED) is 0.346. The van der Waals surface area contributed by atoms with Gasteiger partial charge in [-0.25, -0.2) is 0 Å². The topological polar surface area (TPSA) is 7.12 Å². The van der Waals surface area contributed by atoms with E-state index in [0.29, 0.717) is 0 Å². The Morgan fingerprint density at radius 2 is 1.79 bits per heavy atom. The summed E-state index contributed by atoms with van der Waals surface area (Å²) in [5, 5.41) is 2.74. The van der Waals surface area contributed by atoms with Crippen molar-refractivity contribution in [3.05, 3.63) is 93.5 Å². The van der Waals surface area contributed by atoms with Gasteiger partial charge in [0, 0.05) is 23.6 Å². The van der Waals surface area contributed by atoms with Gasteiger partial charge in [0.15, 0.2) is 0 Å². The van der Waals surface area contributed by atoms with Gasteiger partial charge in [-0.2, -0.15) is 4.57 Å². The van der Waals surface area contributed by atoms with Gasteiger partial charge in [0.25, 0.3) is 5.01 Å². The predicted molar refractivity (Wildman–Crippen MR) is 147 cm³/mol. The zero-order chi connectivity index (χ0) is 23.1. The van der Waals surface area contributed by atoms with Crippen LogP contribution in [0.5, 0.6) is 0 Å². The number of thiazole rings is 1. The molecule has 2 aliphatic carbocycles. The van der Waals surface area contributed by atoms with Crippen LogP contribution < -0.4 is 9.47 Å². The molecular formula is C30H31N2S2+. The van der Waals surface area contributed by atoms with Gasteiger partial charge in [0.2, 0.25) is 5.52 Å². The molecule has 0 amide bonds. The van der Waals surface area contributed by atoms with Crippen molar-refractivity contribution in [2.24, 2.45) is 5.92 Å². The van der Waals surface area contributed by atoms with E-state index in [0.717, 1.165) is 19.0 Å². The summed E-state index contributed by atoms with van der Waals surface area (Å²) in [6, 6.07) is 17.6. The normalized spacial score (nSPS) is 22.2. The zero-order valence-electron chi connectivity index (χ0n) is 20.0. The Morgan fingerprint density at radius 3 is 2.68 bits per heavy atom. The molecule has 6 rings (SSSR count). The smallest absolute Gasteiger partial charge is 0.263 e. The average molecular weight is 484 g/mol. The molecule has 34 heavy (non-hydrogen) atoms. The van der Waals surface area contributed by atoms with Gasteiger partial charge in [-0.3, -0.25) is 0 Å². The highest BCUT2D eigenvalue weighted by Crippen LogP contribution is 2.47. The van der Waals surface area contributed by atoms with Crippen LogP contribution in [-0.2, 0) is 6.54 Å². The maximum atomic E-state index is 2.49. The Labute approximate surface area is 211 Å². The van der Waals surface area contributed by atoms with E-state index in [2.05, 4.69) is 96.1 Å². The number of aryl methyl sites for hydroxylation is 1. The molecular weight excluding hydrogens is 452 g/mol. The Bertz CT molecular complexity index is 1370. The number of allylic oxidation sites excluding steroid dienone is 6. The van der Waals surface area contributed by atoms with Crippen molar-refractivity contribution in [3.8, 4) is 0 Å². The molecule has 3 aromatic rings. The Balaban J connectivity index is 1.32. The third-order valence-corrected chi connectivity index (χ3v) is 9.49. The van der Waals surface area contributed by atoms with Crippen molar-refractivity contribution in [2.45, 2.75) is 51.0 Å². The summed E-state index contributed by atoms with van der Waals surface area (Å²) >= 11 is 3.83. The summed E-state index contributed by atoms with van der Waals surface area (Å²) in [5.74, 6) is 0.718. The summed E-state index contributed by atoms with van der Waals surface area (Å²) in [6.45, 7) is 6.51. The minimum atomic E-state index is 0.718. The zero-order valence-corrected chi connectivity index (χ0v) is 21.6. The number of hydrogen-bond acceptors (Lipinski definition) is 3. The van der Waals surface area contributed by atoms with Gasteiger partial charge < -0.3 is 4.90 Å². The Morgan fingerprint density at radius 1 is 0.971 bits per heavy atom. The highest BCUT2D eigenvalue weighted by Gasteiger charge is 2.27. The number of fused-ring (bicyclic) bond motifs is 3. The largest absolute Gasteiger partial charge is 0.335 e. The molecule has 0 saturated carbocycles. The van der Waals surface area contributed by atoms with Crippen LogP contribution in [0.3, 0.4) is 0 Å². The second-order valence-corrected chi connectivity index (χ2v) is 11.4. The molecule has 0 spiro atoms. The van der Waals surface area contributed by atoms with Crippen molar-refractivity contribution >= 4 is 45.1 Å². The molecule has 0 radical (unpaired) electrons. The number of benzene rings is 2. The molecule has 2 nitrogen and oxygen atoms in total. The summed E-state index contributed by atoms with van der Waals surface area (Å²) in [5.41, 5.74) is 7.18. The Hall–Kier alpha value is -2.56. The van der Waals surface area contributed by atoms with E-state index in [1.165, 1.54) is 73.2 Å². The van der Waals surface area contributed by atoms with Crippen molar-refractivity contribution < 1.29 is 4.57 Å². The lowest BCUT2D eigenvalue weighted by Gasteiger charge is -2.28. The maximum Gasteiger partial charge on any atom is 0.263 e. The van der Waals surface area contributed by atoms with Gasteiger partial charge in [0.05, 0.1) is 10.7 Å². The van der Waals surface area contributed by atoms with E-state index in [9.17, 15) is 0 Å². The average Bonchev–Trinajstić information content (AvgIpc) is 3.40. The first-order valence-electron chi connectivity index (χ1n) is 12.5. The highest BCUT2D eigenvalue weighted by atomic mass is 32.2. The fourth-order valence-corrected chi connectivity index (χ4v) is 7.93. The van der Waals surface area contributed by atoms with E-state index >= 15 is 0 Å². The number of nitrogens with zero attached hydrogens (tertiary/aromatic N) is 2. The molecule has 1 atom stereocenters. The molecule has 0 fully saturated rings. The van der Waals surface area contributed by atoms with Crippen molar-refractivity contribution in [3.63, 3.8) is 0 Å². The van der Waals surface area contributed by atoms with Gasteiger partial charge in [0.1, 0.15) is 11.2 Å². The maximum absolute atomic E-state index is 2.49. The van der Waals surface area contributed by atoms with Crippen molar-refractivity contribution in [2.75, 3.05) is 11.4 Å². The predicted octanol–water partition coefficient (Wildman–Crippen LogP) is 8.12. The second kappa shape index (κ2) is 9.24. The van der Waals surface area contributed by atoms with Crippen LogP contribution in [0.25, 0.3) is 16.3 Å². The summed E-state index contributed by atoms with van der Waals surface area (Å²) in [7, 11) is 0. The van der Waals surface area contributed by atoms with Gasteiger partial charge >= 0.3 is 0 Å². The minimum Gasteiger partial charge on any atom is -0.335 e. The number of para-hydroxylation sites is 2. The number of anilines is 1. The van der Waals surface area contributed by atoms with Gasteiger partial charge in [-0.05, 0) is 86.4 Å². The van der Waals surface area contributed by atoms with Crippen LogP contribution in [0.2, 0.25) is 0 Å². The standard InChI is InChI=1S/C30H31N2S2/c1-3-31-25-9-5-7-11-27(25)33-29(31)19-21-13-15-23-16-14-22(18-24(23)17-21)20-30-32(4-2)26-10-6-8-12-28(26)34-30/h5-12,17-20,23H,3-4,13-16H2,1-2H3/q+1. The fourth-order valence-electron chi connectivity index (χ4n) is 5.53. The highest BCUT2D eigenvalue weighted by molar-refractivity contribution is 8.03. The third-order valence-electron chi connectivity index (χ3n) is 7.26. The van der Waals surface area contributed by atoms with E-state index in [1.54, 1.807) is 0 Å². The minimum absolute atomic E-state index is 0.718. The molecule has 0 saturated heterocycles. The first-order chi connectivity index (χ1) is 16.7. The number of thioether (sulfide) groups is 1. The van der Waals surface area contributed by atoms with Crippen LogP contribution in [0, 0.1) is 5.92 Å². The second-order valence-electron chi connectivity index (χ2n) is 9.31. The van der Waals surface area contributed by atoms with Crippen LogP contribution in [-0.4, -0.2) is 6.54 Å². The molecule has 2 aromatic carbocycles. The molecule has 0 bridgehead atoms. The molecule has 0 unspecified atom stereocenters. The third kappa shape index (κ3) is 3.97. The first kappa shape index (κ1) is 21.9. The van der Waals surface area contributed by atoms with E-state index in [4.69, 9.17) is 0 Å². The van der Waals surface area contributed by atoms with Crippen molar-refractivity contribution in [1.29, 1.82) is 0 Å². The Kier molecular flexibility index (Phi) is 5.96. The number of rotatable bonds is 4. The van der Waals surface area contributed by atoms with Gasteiger partial charge in [-0.1, -0.05) is 59.5 Å². The van der Waals surface area contributed by atoms with Crippen LogP contribution in [0.4, 0.5) is 5.69 Å². The summed E-state index contributed by atoms with van der Waals surface area (Å²) in [6.07, 6.45) is 14.8. The molecule has 2 heterocycles. The summed E-state index contributed by atoms with van der Waals surface area (Å²) in [4.78, 5) is 3.83. The monoisotopic (exact) mass is 483 g/mol. The van der Waals surface area contributed by atoms with Crippen molar-refractivity contribution in [1.82, 2.24) is 0 Å². The van der Waals surface area contributed by atoms with Crippen LogP contribution >= 0.6 is 23.1 Å². The molecule has 1 aliphatic heterocycles. The van der Waals surface area contributed by atoms with Gasteiger partial charge in [-0.15, -0.1) is 0 Å². The SMILES string of the molecule is CCN1/C(=C/C2=CC3=C/C(=C\c4sc5ccccc5[n+]4CC)CC[C@@H]3CC2)Sc2ccccc21. The lowest BCUT2D eigenvalue weighted by Crippen LogP contribution is -2.33. The molecule has 1 aromatic heterocycles. The summed E-state index contributed by atoms with van der Waals surface area (Å²) < 4.78 is 3.83. The lowest BCUT2D eigenvalue weighted by atomic mass is 9.77. The fraction of sp³-hybridized carbons (Fsp3) is 0.300. The van der Waals surface area contributed by atoms with E-state index < -0.39 is 0 Å². The van der Waals surface area contributed by atoms with E-state index in [-0.39, 0.29) is 0 Å².